The summed E-state index contributed by atoms with van der Waals surface area (Å²) in [5, 5.41) is 29.6. The van der Waals surface area contributed by atoms with Crippen LogP contribution in [0.15, 0.2) is 67.1 Å². The standard InChI is InChI=1S/C52H58F10N10O8/c1-28(73)70-23-32-16-33(24-70)26-71(25-32)41-13-12-31(20-63-41)11-8-29-6-9-30(10-7-29)17-39(40(74)22-64-69-45(76)43(67-47(77)78)50(4,5)52(60,61)62)66-44(75)42(49(2,3)51(57,58)59)68-48(79)80-15-14-36-37(53)18-34(19-38(36)54)35-21-65-72(27-35)46(55)56/h6-7,9-10,12-13,18-21,27,32-33,39-40,42-43,46,64,67,74H,14-17,22-26H2,1-5H3,(H,66,75)(H,68,79)(H,69,76)(H,77,78). The van der Waals surface area contributed by atoms with Gasteiger partial charge < -0.3 is 40.7 Å². The molecule has 2 aliphatic rings. The number of alkyl carbamates (subject to hydrolysis) is 1. The molecule has 5 amide bonds. The van der Waals surface area contributed by atoms with E-state index in [0.717, 1.165) is 49.9 Å². The molecule has 0 radical (unpaired) electrons. The van der Waals surface area contributed by atoms with Crippen LogP contribution in [0.5, 0.6) is 0 Å². The summed E-state index contributed by atoms with van der Waals surface area (Å²) in [6, 6.07) is 4.68. The quantitative estimate of drug-likeness (QED) is 0.0304. The number of aromatic nitrogens is 3. The predicted octanol–water partition coefficient (Wildman–Crippen LogP) is 6.48. The molecule has 6 atom stereocenters. The third-order valence-corrected chi connectivity index (χ3v) is 14.0. The van der Waals surface area contributed by atoms with Crippen LogP contribution in [0.3, 0.4) is 0 Å². The van der Waals surface area contributed by atoms with E-state index < -0.39 is 121 Å². The lowest BCUT2D eigenvalue weighted by atomic mass is 9.82. The lowest BCUT2D eigenvalue weighted by molar-refractivity contribution is -0.221. The molecule has 2 bridgehead atoms. The van der Waals surface area contributed by atoms with Crippen LogP contribution in [0.4, 0.5) is 59.3 Å². The van der Waals surface area contributed by atoms with E-state index in [0.29, 0.717) is 69.3 Å². The Labute approximate surface area is 451 Å². The van der Waals surface area contributed by atoms with E-state index in [-0.39, 0.29) is 21.7 Å². The van der Waals surface area contributed by atoms with Gasteiger partial charge in [-0.05, 0) is 99.9 Å². The second kappa shape index (κ2) is 25.2. The van der Waals surface area contributed by atoms with Gasteiger partial charge in [-0.15, -0.1) is 0 Å². The summed E-state index contributed by atoms with van der Waals surface area (Å²) >= 11 is 0. The molecule has 0 aliphatic carbocycles. The second-order valence-corrected chi connectivity index (χ2v) is 20.6. The molecule has 80 heavy (non-hydrogen) atoms. The lowest BCUT2D eigenvalue weighted by Crippen LogP contribution is -2.63. The Bertz CT molecular complexity index is 2890. The highest BCUT2D eigenvalue weighted by Crippen LogP contribution is 2.42. The SMILES string of the molecule is CC(=O)N1CC2CC(C1)CN(c1ccc(C#Cc3ccc(CC(NC(=O)C(NC(=O)OCCc4c(F)cc(-c5cnn(C(F)F)c5)cc4F)C(C)(C)C(F)(F)F)C(O)CNNC(=O)C(NC(=O)O)C(C)(C)C(F)(F)F)cc3)cn1)C2. The van der Waals surface area contributed by atoms with Gasteiger partial charge in [0.05, 0.1) is 35.8 Å². The van der Waals surface area contributed by atoms with Gasteiger partial charge in [-0.1, -0.05) is 24.0 Å². The zero-order valence-electron chi connectivity index (χ0n) is 43.6. The van der Waals surface area contributed by atoms with Gasteiger partial charge in [0.1, 0.15) is 29.5 Å². The molecular formula is C52H58F10N10O8. The zero-order chi connectivity index (χ0) is 59.1. The number of aliphatic hydroxyl groups excluding tert-OH is 1. The zero-order valence-corrected chi connectivity index (χ0v) is 43.6. The molecule has 0 spiro atoms. The fourth-order valence-corrected chi connectivity index (χ4v) is 9.11. The van der Waals surface area contributed by atoms with Crippen LogP contribution in [-0.4, -0.2) is 136 Å². The molecule has 2 saturated heterocycles. The van der Waals surface area contributed by atoms with Crippen molar-refractivity contribution < 1.29 is 82.8 Å². The average Bonchev–Trinajstić information content (AvgIpc) is 3.89. The maximum Gasteiger partial charge on any atom is 0.407 e. The summed E-state index contributed by atoms with van der Waals surface area (Å²) in [5.41, 5.74) is -1.63. The number of hydrogen-bond acceptors (Lipinski definition) is 11. The van der Waals surface area contributed by atoms with E-state index >= 15 is 8.78 Å². The van der Waals surface area contributed by atoms with Gasteiger partial charge in [-0.3, -0.25) is 19.8 Å². The van der Waals surface area contributed by atoms with Crippen molar-refractivity contribution in [2.75, 3.05) is 44.2 Å². The van der Waals surface area contributed by atoms with Crippen LogP contribution < -0.4 is 31.7 Å². The third-order valence-electron chi connectivity index (χ3n) is 14.0. The molecule has 18 nitrogen and oxygen atoms in total. The van der Waals surface area contributed by atoms with Gasteiger partial charge in [0.25, 0.3) is 5.91 Å². The van der Waals surface area contributed by atoms with E-state index in [1.807, 2.05) is 21.7 Å². The molecule has 0 saturated carbocycles. The number of amides is 5. The first-order valence-electron chi connectivity index (χ1n) is 24.8. The predicted molar refractivity (Wildman–Crippen MR) is 266 cm³/mol. The van der Waals surface area contributed by atoms with Crippen molar-refractivity contribution in [3.63, 3.8) is 0 Å². The van der Waals surface area contributed by atoms with Crippen molar-refractivity contribution in [1.29, 1.82) is 0 Å². The van der Waals surface area contributed by atoms with E-state index in [9.17, 15) is 69.3 Å². The summed E-state index contributed by atoms with van der Waals surface area (Å²) in [7, 11) is 0. The number of fused-ring (bicyclic) bond motifs is 2. The molecular weight excluding hydrogens is 1080 g/mol. The number of hydrogen-bond donors (Lipinski definition) is 7. The maximum atomic E-state index is 15.1. The van der Waals surface area contributed by atoms with Crippen LogP contribution in [-0.2, 0) is 32.0 Å². The average molecular weight is 1140 g/mol. The van der Waals surface area contributed by atoms with Crippen molar-refractivity contribution in [3.05, 3.63) is 101 Å². The molecule has 2 aromatic carbocycles. The fourth-order valence-electron chi connectivity index (χ4n) is 9.11. The Hall–Kier alpha value is -7.67. The normalized spacial score (nSPS) is 17.3. The number of nitrogens with zero attached hydrogens (tertiary/aromatic N) is 5. The number of anilines is 1. The highest BCUT2D eigenvalue weighted by atomic mass is 19.4. The van der Waals surface area contributed by atoms with Crippen LogP contribution in [0, 0.1) is 46.1 Å². The number of hydrazine groups is 1. The van der Waals surface area contributed by atoms with Crippen molar-refractivity contribution in [2.45, 2.75) is 97.0 Å². The number of carboxylic acid groups (broad SMARTS) is 1. The number of alkyl halides is 8. The van der Waals surface area contributed by atoms with Crippen LogP contribution in [0.2, 0.25) is 0 Å². The number of ether oxygens (including phenoxy) is 1. The maximum absolute atomic E-state index is 15.1. The highest BCUT2D eigenvalue weighted by molar-refractivity contribution is 5.87. The van der Waals surface area contributed by atoms with E-state index in [4.69, 9.17) is 4.74 Å². The highest BCUT2D eigenvalue weighted by Gasteiger charge is 2.57. The number of nitrogens with one attached hydrogen (secondary N) is 5. The molecule has 4 aromatic rings. The number of halogens is 10. The molecule has 2 aliphatic heterocycles. The minimum absolute atomic E-state index is 0.0543. The summed E-state index contributed by atoms with van der Waals surface area (Å²) in [6.45, 7) is 1.89. The van der Waals surface area contributed by atoms with E-state index in [1.54, 1.807) is 31.3 Å². The Morgan fingerprint density at radius 3 is 1.88 bits per heavy atom. The Morgan fingerprint density at radius 2 is 1.35 bits per heavy atom. The molecule has 434 valence electrons. The molecule has 6 unspecified atom stereocenters. The van der Waals surface area contributed by atoms with Crippen molar-refractivity contribution in [1.82, 2.24) is 46.5 Å². The first-order valence-corrected chi connectivity index (χ1v) is 24.8. The van der Waals surface area contributed by atoms with Gasteiger partial charge in [0, 0.05) is 80.7 Å². The van der Waals surface area contributed by atoms with Gasteiger partial charge >= 0.3 is 31.1 Å². The Morgan fingerprint density at radius 1 is 0.775 bits per heavy atom. The van der Waals surface area contributed by atoms with Gasteiger partial charge in [0.15, 0.2) is 0 Å². The number of carbonyl (C=O) groups is 5. The number of benzene rings is 2. The summed E-state index contributed by atoms with van der Waals surface area (Å²) in [5.74, 6) is 1.91. The first kappa shape index (κ1) is 61.5. The van der Waals surface area contributed by atoms with Crippen molar-refractivity contribution in [3.8, 4) is 23.0 Å². The number of piperidine rings is 2. The monoisotopic (exact) mass is 1140 g/mol. The van der Waals surface area contributed by atoms with E-state index in [1.165, 1.54) is 17.4 Å². The van der Waals surface area contributed by atoms with E-state index in [2.05, 4.69) is 37.6 Å². The molecule has 7 N–H and O–H groups in total. The third kappa shape index (κ3) is 15.4. The van der Waals surface area contributed by atoms with Gasteiger partial charge in [-0.25, -0.2) is 33.5 Å². The smallest absolute Gasteiger partial charge is 0.407 e. The molecule has 2 fully saturated rings. The van der Waals surface area contributed by atoms with Crippen molar-refractivity contribution in [2.24, 2.45) is 22.7 Å². The molecule has 2 aromatic heterocycles. The van der Waals surface area contributed by atoms with Gasteiger partial charge in [0.2, 0.25) is 11.8 Å². The number of pyridine rings is 1. The summed E-state index contributed by atoms with van der Waals surface area (Å²) in [4.78, 5) is 72.2. The minimum atomic E-state index is -5.24. The number of likely N-dealkylation sites (tertiary alicyclic amines) is 1. The largest absolute Gasteiger partial charge is 0.465 e. The summed E-state index contributed by atoms with van der Waals surface area (Å²) < 4.78 is 147. The first-order chi connectivity index (χ1) is 37.3. The Kier molecular flexibility index (Phi) is 19.4. The van der Waals surface area contributed by atoms with Crippen LogP contribution >= 0.6 is 0 Å². The number of carbonyl (C=O) groups excluding carboxylic acids is 4. The molecule has 6 rings (SSSR count). The molecule has 28 heteroatoms. The minimum Gasteiger partial charge on any atom is -0.465 e. The van der Waals surface area contributed by atoms with Crippen LogP contribution in [0.1, 0.15) is 69.8 Å². The topological polar surface area (TPSA) is 232 Å². The number of rotatable bonds is 19. The van der Waals surface area contributed by atoms with Gasteiger partial charge in [-0.2, -0.15) is 40.2 Å². The van der Waals surface area contributed by atoms with Crippen LogP contribution in [0.25, 0.3) is 11.1 Å². The second-order valence-electron chi connectivity index (χ2n) is 20.6. The lowest BCUT2D eigenvalue weighted by Gasteiger charge is -2.46. The van der Waals surface area contributed by atoms with Crippen molar-refractivity contribution >= 4 is 35.7 Å². The summed E-state index contributed by atoms with van der Waals surface area (Å²) in [6.07, 6.45) is -12.6. The Balaban J connectivity index is 1.17. The fraction of sp³-hybridized carbons (Fsp3) is 0.481. The molecule has 4 heterocycles. The number of aliphatic hydroxyl groups is 1.